The maximum Gasteiger partial charge on any atom is 0.343 e. The molecule has 0 fully saturated rings. The van der Waals surface area contributed by atoms with Gasteiger partial charge in [0.2, 0.25) is 0 Å². The molecule has 0 unspecified atom stereocenters. The first-order valence-corrected chi connectivity index (χ1v) is 5.36. The van der Waals surface area contributed by atoms with Crippen LogP contribution in [-0.4, -0.2) is 5.97 Å². The lowest BCUT2D eigenvalue weighted by Gasteiger charge is -2.04. The Bertz CT molecular complexity index is 491. The molecule has 2 N–H and O–H groups in total. The van der Waals surface area contributed by atoms with Gasteiger partial charge >= 0.3 is 5.97 Å². The summed E-state index contributed by atoms with van der Waals surface area (Å²) in [6, 6.07) is 16.1. The summed E-state index contributed by atoms with van der Waals surface area (Å²) in [6.45, 7) is 0.479. The molecule has 2 aromatic rings. The Morgan fingerprint density at radius 3 is 2.24 bits per heavy atom. The van der Waals surface area contributed by atoms with Crippen molar-refractivity contribution in [1.29, 1.82) is 0 Å². The lowest BCUT2D eigenvalue weighted by molar-refractivity contribution is 0.0735. The molecule has 0 saturated carbocycles. The van der Waals surface area contributed by atoms with Gasteiger partial charge in [-0.25, -0.2) is 4.79 Å². The molecule has 0 bridgehead atoms. The van der Waals surface area contributed by atoms with Crippen LogP contribution in [0.25, 0.3) is 0 Å². The van der Waals surface area contributed by atoms with Gasteiger partial charge in [-0.1, -0.05) is 30.3 Å². The summed E-state index contributed by atoms with van der Waals surface area (Å²) in [5.41, 5.74) is 7.03. The van der Waals surface area contributed by atoms with Crippen molar-refractivity contribution in [1.82, 2.24) is 0 Å². The van der Waals surface area contributed by atoms with Crippen LogP contribution >= 0.6 is 0 Å². The third-order valence-corrected chi connectivity index (χ3v) is 2.38. The van der Waals surface area contributed by atoms with Gasteiger partial charge in [-0.3, -0.25) is 0 Å². The van der Waals surface area contributed by atoms with Gasteiger partial charge in [-0.15, -0.1) is 0 Å². The average molecular weight is 227 g/mol. The first-order valence-electron chi connectivity index (χ1n) is 5.36. The first kappa shape index (κ1) is 11.4. The van der Waals surface area contributed by atoms with E-state index >= 15 is 0 Å². The summed E-state index contributed by atoms with van der Waals surface area (Å²) in [6.07, 6.45) is 0. The van der Waals surface area contributed by atoms with Crippen LogP contribution in [-0.2, 0) is 6.54 Å². The Morgan fingerprint density at radius 2 is 1.65 bits per heavy atom. The molecule has 0 aliphatic carbocycles. The van der Waals surface area contributed by atoms with Crippen LogP contribution in [0.4, 0.5) is 0 Å². The predicted octanol–water partition coefficient (Wildman–Crippen LogP) is 2.36. The fourth-order valence-electron chi connectivity index (χ4n) is 1.43. The second-order valence-corrected chi connectivity index (χ2v) is 3.60. The number of rotatable bonds is 3. The summed E-state index contributed by atoms with van der Waals surface area (Å²) in [7, 11) is 0. The van der Waals surface area contributed by atoms with E-state index in [9.17, 15) is 4.79 Å². The number of hydrogen-bond acceptors (Lipinski definition) is 3. The van der Waals surface area contributed by atoms with Crippen molar-refractivity contribution < 1.29 is 9.53 Å². The molecule has 0 atom stereocenters. The molecule has 0 spiro atoms. The normalized spacial score (nSPS) is 9.94. The highest BCUT2D eigenvalue weighted by Gasteiger charge is 2.06. The van der Waals surface area contributed by atoms with E-state index in [0.29, 0.717) is 17.9 Å². The molecule has 0 aromatic heterocycles. The second kappa shape index (κ2) is 5.27. The van der Waals surface area contributed by atoms with Crippen molar-refractivity contribution in [2.45, 2.75) is 6.54 Å². The smallest absolute Gasteiger partial charge is 0.343 e. The molecular weight excluding hydrogens is 214 g/mol. The van der Waals surface area contributed by atoms with Crippen molar-refractivity contribution in [2.24, 2.45) is 5.73 Å². The molecule has 0 amide bonds. The summed E-state index contributed by atoms with van der Waals surface area (Å²) < 4.78 is 5.22. The summed E-state index contributed by atoms with van der Waals surface area (Å²) in [5, 5.41) is 0. The molecule has 0 radical (unpaired) electrons. The van der Waals surface area contributed by atoms with Crippen LogP contribution in [0.3, 0.4) is 0 Å². The quantitative estimate of drug-likeness (QED) is 0.647. The lowest BCUT2D eigenvalue weighted by Crippen LogP contribution is -2.08. The van der Waals surface area contributed by atoms with Crippen LogP contribution in [0.5, 0.6) is 5.75 Å². The Labute approximate surface area is 99.8 Å². The van der Waals surface area contributed by atoms with Gasteiger partial charge in [0.1, 0.15) is 5.75 Å². The minimum Gasteiger partial charge on any atom is -0.423 e. The number of benzene rings is 2. The molecule has 17 heavy (non-hydrogen) atoms. The Morgan fingerprint density at radius 1 is 1.00 bits per heavy atom. The van der Waals surface area contributed by atoms with Crippen molar-refractivity contribution in [3.8, 4) is 5.75 Å². The fraction of sp³-hybridized carbons (Fsp3) is 0.0714. The third-order valence-electron chi connectivity index (χ3n) is 2.38. The molecule has 2 aromatic carbocycles. The number of nitrogens with two attached hydrogens (primary N) is 1. The third kappa shape index (κ3) is 2.92. The zero-order valence-electron chi connectivity index (χ0n) is 9.30. The highest BCUT2D eigenvalue weighted by Crippen LogP contribution is 2.13. The number of carbonyl (C=O) groups excluding carboxylic acids is 1. The Hall–Kier alpha value is -2.13. The number of ether oxygens (including phenoxy) is 1. The molecule has 0 aliphatic heterocycles. The largest absolute Gasteiger partial charge is 0.423 e. The number of esters is 1. The van der Waals surface area contributed by atoms with E-state index in [1.165, 1.54) is 0 Å². The van der Waals surface area contributed by atoms with Crippen LogP contribution in [0.15, 0.2) is 54.6 Å². The van der Waals surface area contributed by atoms with Gasteiger partial charge in [0, 0.05) is 6.54 Å². The number of hydrogen-bond donors (Lipinski definition) is 1. The lowest BCUT2D eigenvalue weighted by atomic mass is 10.2. The van der Waals surface area contributed by atoms with E-state index in [0.717, 1.165) is 5.56 Å². The summed E-state index contributed by atoms with van der Waals surface area (Å²) in [5.74, 6) is 0.169. The fourth-order valence-corrected chi connectivity index (χ4v) is 1.43. The van der Waals surface area contributed by atoms with Gasteiger partial charge in [0.05, 0.1) is 5.56 Å². The number of carbonyl (C=O) groups is 1. The summed E-state index contributed by atoms with van der Waals surface area (Å²) in [4.78, 5) is 11.7. The van der Waals surface area contributed by atoms with Gasteiger partial charge < -0.3 is 10.5 Å². The predicted molar refractivity (Wildman–Crippen MR) is 65.7 cm³/mol. The van der Waals surface area contributed by atoms with Crippen molar-refractivity contribution in [2.75, 3.05) is 0 Å². The highest BCUT2D eigenvalue weighted by molar-refractivity contribution is 5.90. The zero-order chi connectivity index (χ0) is 12.1. The average Bonchev–Trinajstić information content (AvgIpc) is 2.40. The van der Waals surface area contributed by atoms with E-state index in [1.54, 1.807) is 36.4 Å². The van der Waals surface area contributed by atoms with E-state index in [2.05, 4.69) is 0 Å². The van der Waals surface area contributed by atoms with Gasteiger partial charge in [0.25, 0.3) is 0 Å². The SMILES string of the molecule is NCc1ccc(OC(=O)c2ccccc2)cc1. The van der Waals surface area contributed by atoms with Crippen LogP contribution in [0, 0.1) is 0 Å². The van der Waals surface area contributed by atoms with E-state index < -0.39 is 0 Å². The van der Waals surface area contributed by atoms with Crippen molar-refractivity contribution >= 4 is 5.97 Å². The van der Waals surface area contributed by atoms with E-state index in [4.69, 9.17) is 10.5 Å². The zero-order valence-corrected chi connectivity index (χ0v) is 9.30. The van der Waals surface area contributed by atoms with Crippen LogP contribution < -0.4 is 10.5 Å². The Kier molecular flexibility index (Phi) is 3.52. The summed E-state index contributed by atoms with van der Waals surface area (Å²) >= 11 is 0. The van der Waals surface area contributed by atoms with Crippen molar-refractivity contribution in [3.63, 3.8) is 0 Å². The van der Waals surface area contributed by atoms with Gasteiger partial charge in [-0.2, -0.15) is 0 Å². The van der Waals surface area contributed by atoms with Crippen LogP contribution in [0.1, 0.15) is 15.9 Å². The standard InChI is InChI=1S/C14H13NO2/c15-10-11-6-8-13(9-7-11)17-14(16)12-4-2-1-3-5-12/h1-9H,10,15H2. The monoisotopic (exact) mass is 227 g/mol. The maximum atomic E-state index is 11.7. The molecule has 2 rings (SSSR count). The molecule has 86 valence electrons. The topological polar surface area (TPSA) is 52.3 Å². The maximum absolute atomic E-state index is 11.7. The first-order chi connectivity index (χ1) is 8.29. The highest BCUT2D eigenvalue weighted by atomic mass is 16.5. The van der Waals surface area contributed by atoms with Gasteiger partial charge in [-0.05, 0) is 29.8 Å². The van der Waals surface area contributed by atoms with E-state index in [1.807, 2.05) is 18.2 Å². The van der Waals surface area contributed by atoms with E-state index in [-0.39, 0.29) is 5.97 Å². The minimum atomic E-state index is -0.355. The molecule has 0 saturated heterocycles. The molecule has 0 heterocycles. The molecule has 3 nitrogen and oxygen atoms in total. The second-order valence-electron chi connectivity index (χ2n) is 3.60. The Balaban J connectivity index is 2.08. The van der Waals surface area contributed by atoms with Gasteiger partial charge in [0.15, 0.2) is 0 Å². The molecular formula is C14H13NO2. The van der Waals surface area contributed by atoms with Crippen LogP contribution in [0.2, 0.25) is 0 Å². The molecule has 3 heteroatoms. The molecule has 0 aliphatic rings. The minimum absolute atomic E-state index is 0.355. The van der Waals surface area contributed by atoms with Crippen molar-refractivity contribution in [3.05, 3.63) is 65.7 Å².